The number of hydrogen-bond donors (Lipinski definition) is 0. The number of carbonyl (C=O) groups is 1. The van der Waals surface area contributed by atoms with Crippen LogP contribution in [0.1, 0.15) is 54.4 Å². The van der Waals surface area contributed by atoms with Crippen LogP contribution in [0.2, 0.25) is 0 Å². The molecule has 0 unspecified atom stereocenters. The second-order valence-electron chi connectivity index (χ2n) is 4.79. The summed E-state index contributed by atoms with van der Waals surface area (Å²) in [5.41, 5.74) is -1.69. The fourth-order valence-corrected chi connectivity index (χ4v) is 1.09. The van der Waals surface area contributed by atoms with Crippen LogP contribution in [0.15, 0.2) is 0 Å². The normalized spacial score (nSPS) is 10.6. The Labute approximate surface area is 110 Å². The maximum Gasteiger partial charge on any atom is 0.511 e. The lowest BCUT2D eigenvalue weighted by Gasteiger charge is -2.23. The van der Waals surface area contributed by atoms with Crippen LogP contribution in [0.25, 0.3) is 0 Å². The minimum Gasteiger partial charge on any atom is -0.415 e. The zero-order valence-electron chi connectivity index (χ0n) is 12.1. The lowest BCUT2D eigenvalue weighted by Crippen LogP contribution is -2.32. The highest BCUT2D eigenvalue weighted by Crippen LogP contribution is 2.14. The topological polar surface area (TPSA) is 35.5 Å². The van der Waals surface area contributed by atoms with Crippen molar-refractivity contribution >= 4 is 6.16 Å². The van der Waals surface area contributed by atoms with Gasteiger partial charge in [-0.1, -0.05) is 37.5 Å². The van der Waals surface area contributed by atoms with Crippen LogP contribution in [-0.4, -0.2) is 17.4 Å². The van der Waals surface area contributed by atoms with Crippen LogP contribution < -0.4 is 0 Å². The van der Waals surface area contributed by atoms with Crippen molar-refractivity contribution in [3.63, 3.8) is 0 Å². The Morgan fingerprint density at radius 3 is 1.50 bits per heavy atom. The van der Waals surface area contributed by atoms with E-state index in [4.69, 9.17) is 9.47 Å². The highest BCUT2D eigenvalue weighted by atomic mass is 16.7. The van der Waals surface area contributed by atoms with Gasteiger partial charge < -0.3 is 9.47 Å². The van der Waals surface area contributed by atoms with Gasteiger partial charge >= 0.3 is 6.16 Å². The third-order valence-electron chi connectivity index (χ3n) is 1.81. The summed E-state index contributed by atoms with van der Waals surface area (Å²) in [5.74, 6) is 11.5. The molecule has 0 aliphatic rings. The fraction of sp³-hybridized carbons (Fsp3) is 0.667. The van der Waals surface area contributed by atoms with Crippen LogP contribution in [-0.2, 0) is 9.47 Å². The maximum absolute atomic E-state index is 11.6. The van der Waals surface area contributed by atoms with Crippen molar-refractivity contribution in [2.24, 2.45) is 0 Å². The van der Waals surface area contributed by atoms with Gasteiger partial charge in [0.05, 0.1) is 0 Å². The smallest absolute Gasteiger partial charge is 0.415 e. The standard InChI is InChI=1S/C15H22O3/c1-7-9-11-14(3,4)17-13(16)18-15(5,6)12-10-8-2/h7-8H2,1-6H3. The summed E-state index contributed by atoms with van der Waals surface area (Å²) in [5, 5.41) is 0. The van der Waals surface area contributed by atoms with Crippen LogP contribution in [0, 0.1) is 23.7 Å². The molecular formula is C15H22O3. The second-order valence-corrected chi connectivity index (χ2v) is 4.79. The summed E-state index contributed by atoms with van der Waals surface area (Å²) < 4.78 is 10.3. The maximum atomic E-state index is 11.6. The minimum atomic E-state index is -0.846. The molecule has 0 rings (SSSR count). The SMILES string of the molecule is CCC#CC(C)(C)OC(=O)OC(C)(C)C#CCC. The Morgan fingerprint density at radius 2 is 1.22 bits per heavy atom. The van der Waals surface area contributed by atoms with Crippen LogP contribution in [0.3, 0.4) is 0 Å². The molecule has 0 aliphatic carbocycles. The van der Waals surface area contributed by atoms with E-state index >= 15 is 0 Å². The van der Waals surface area contributed by atoms with Gasteiger partial charge in [0, 0.05) is 12.8 Å². The first kappa shape index (κ1) is 16.4. The molecule has 100 valence electrons. The summed E-state index contributed by atoms with van der Waals surface area (Å²) in [6.45, 7) is 10.8. The molecule has 0 fully saturated rings. The molecule has 0 amide bonds. The summed E-state index contributed by atoms with van der Waals surface area (Å²) >= 11 is 0. The molecule has 0 heterocycles. The zero-order chi connectivity index (χ0) is 14.2. The number of hydrogen-bond acceptors (Lipinski definition) is 3. The van der Waals surface area contributed by atoms with Gasteiger partial charge in [-0.25, -0.2) is 4.79 Å². The monoisotopic (exact) mass is 250 g/mol. The Bertz CT molecular complexity index is 359. The van der Waals surface area contributed by atoms with E-state index in [1.807, 2.05) is 13.8 Å². The lowest BCUT2D eigenvalue weighted by molar-refractivity contribution is -0.0230. The molecule has 18 heavy (non-hydrogen) atoms. The predicted molar refractivity (Wildman–Crippen MR) is 71.9 cm³/mol. The van der Waals surface area contributed by atoms with Gasteiger partial charge in [0.2, 0.25) is 0 Å². The van der Waals surface area contributed by atoms with Crippen LogP contribution in [0.4, 0.5) is 4.79 Å². The molecule has 0 spiro atoms. The predicted octanol–water partition coefficient (Wildman–Crippen LogP) is 3.52. The van der Waals surface area contributed by atoms with Gasteiger partial charge in [0.25, 0.3) is 0 Å². The van der Waals surface area contributed by atoms with Crippen molar-refractivity contribution in [2.45, 2.75) is 65.6 Å². The minimum absolute atomic E-state index is 0.718. The van der Waals surface area contributed by atoms with Crippen molar-refractivity contribution in [2.75, 3.05) is 0 Å². The first-order valence-corrected chi connectivity index (χ1v) is 6.14. The second kappa shape index (κ2) is 6.97. The first-order chi connectivity index (χ1) is 8.22. The average Bonchev–Trinajstić information content (AvgIpc) is 2.22. The Balaban J connectivity index is 4.52. The third-order valence-corrected chi connectivity index (χ3v) is 1.81. The molecule has 3 nitrogen and oxygen atoms in total. The van der Waals surface area contributed by atoms with E-state index in [-0.39, 0.29) is 0 Å². The molecule has 0 N–H and O–H groups in total. The number of ether oxygens (including phenoxy) is 2. The molecule has 0 saturated heterocycles. The Morgan fingerprint density at radius 1 is 0.889 bits per heavy atom. The van der Waals surface area contributed by atoms with Gasteiger partial charge in [-0.15, -0.1) is 0 Å². The molecule has 3 heteroatoms. The molecule has 0 aromatic heterocycles. The molecule has 0 atom stereocenters. The molecule has 0 aromatic rings. The van der Waals surface area contributed by atoms with Crippen molar-refractivity contribution in [3.05, 3.63) is 0 Å². The van der Waals surface area contributed by atoms with Gasteiger partial charge in [0.15, 0.2) is 11.2 Å². The first-order valence-electron chi connectivity index (χ1n) is 6.14. The Hall–Kier alpha value is -1.61. The quantitative estimate of drug-likeness (QED) is 0.555. The largest absolute Gasteiger partial charge is 0.511 e. The van der Waals surface area contributed by atoms with E-state index < -0.39 is 17.4 Å². The summed E-state index contributed by atoms with van der Waals surface area (Å²) in [6, 6.07) is 0. The van der Waals surface area contributed by atoms with Crippen molar-refractivity contribution in [1.82, 2.24) is 0 Å². The van der Waals surface area contributed by atoms with E-state index in [2.05, 4.69) is 23.7 Å². The van der Waals surface area contributed by atoms with E-state index in [1.165, 1.54) is 0 Å². The molecule has 0 radical (unpaired) electrons. The Kier molecular flexibility index (Phi) is 6.34. The zero-order valence-corrected chi connectivity index (χ0v) is 12.1. The van der Waals surface area contributed by atoms with Gasteiger partial charge in [-0.05, 0) is 27.7 Å². The third kappa shape index (κ3) is 7.63. The van der Waals surface area contributed by atoms with Gasteiger partial charge in [-0.3, -0.25) is 0 Å². The molecule has 0 saturated carbocycles. The van der Waals surface area contributed by atoms with Crippen LogP contribution >= 0.6 is 0 Å². The van der Waals surface area contributed by atoms with E-state index in [0.29, 0.717) is 0 Å². The van der Waals surface area contributed by atoms with E-state index in [1.54, 1.807) is 27.7 Å². The van der Waals surface area contributed by atoms with Crippen molar-refractivity contribution < 1.29 is 14.3 Å². The molecule has 0 aliphatic heterocycles. The molecule has 0 aromatic carbocycles. The molecular weight excluding hydrogens is 228 g/mol. The molecule has 0 bridgehead atoms. The average molecular weight is 250 g/mol. The summed E-state index contributed by atoms with van der Waals surface area (Å²) in [7, 11) is 0. The summed E-state index contributed by atoms with van der Waals surface area (Å²) in [6.07, 6.45) is 0.686. The van der Waals surface area contributed by atoms with Gasteiger partial charge in [0.1, 0.15) is 0 Å². The van der Waals surface area contributed by atoms with Gasteiger partial charge in [-0.2, -0.15) is 0 Å². The number of rotatable bonds is 2. The lowest BCUT2D eigenvalue weighted by atomic mass is 10.1. The van der Waals surface area contributed by atoms with Crippen LogP contribution in [0.5, 0.6) is 0 Å². The highest BCUT2D eigenvalue weighted by molar-refractivity contribution is 5.62. The highest BCUT2D eigenvalue weighted by Gasteiger charge is 2.26. The summed E-state index contributed by atoms with van der Waals surface area (Å²) in [4.78, 5) is 11.6. The van der Waals surface area contributed by atoms with E-state index in [0.717, 1.165) is 12.8 Å². The van der Waals surface area contributed by atoms with E-state index in [9.17, 15) is 4.79 Å². The fourth-order valence-electron chi connectivity index (χ4n) is 1.09. The van der Waals surface area contributed by atoms with Crippen molar-refractivity contribution in [1.29, 1.82) is 0 Å². The van der Waals surface area contributed by atoms with Crippen molar-refractivity contribution in [3.8, 4) is 23.7 Å². The number of carbonyl (C=O) groups excluding carboxylic acids is 1.